The van der Waals surface area contributed by atoms with Crippen LogP contribution in [-0.4, -0.2) is 24.8 Å². The van der Waals surface area contributed by atoms with Gasteiger partial charge in [-0.1, -0.05) is 6.92 Å². The molecular formula is C7H15FN4. The molecule has 0 aliphatic carbocycles. The lowest BCUT2D eigenvalue weighted by molar-refractivity contribution is 0.260. The molecule has 0 aromatic carbocycles. The Hall–Kier alpha value is -1.10. The van der Waals surface area contributed by atoms with Gasteiger partial charge < -0.3 is 11.1 Å². The number of nitrogens with one attached hydrogen (secondary N) is 2. The molecule has 0 unspecified atom stereocenters. The maximum atomic E-state index is 12.7. The molecule has 0 spiro atoms. The van der Waals surface area contributed by atoms with E-state index in [0.717, 1.165) is 6.42 Å². The van der Waals surface area contributed by atoms with Gasteiger partial charge in [0.15, 0.2) is 11.6 Å². The number of nitrogens with zero attached hydrogens (tertiary/aromatic N) is 1. The summed E-state index contributed by atoms with van der Waals surface area (Å²) in [5.74, 6) is -0.771. The lowest BCUT2D eigenvalue weighted by Crippen LogP contribution is -2.38. The largest absolute Gasteiger partial charge is 0.382 e. The number of rotatable bonds is 5. The van der Waals surface area contributed by atoms with E-state index < -0.39 is 5.83 Å². The van der Waals surface area contributed by atoms with Crippen LogP contribution in [0.4, 0.5) is 4.39 Å². The first-order valence-electron chi connectivity index (χ1n) is 3.78. The van der Waals surface area contributed by atoms with Crippen LogP contribution in [0.25, 0.3) is 0 Å². The average Bonchev–Trinajstić information content (AvgIpc) is 2.11. The van der Waals surface area contributed by atoms with Crippen LogP contribution >= 0.6 is 0 Å². The second kappa shape index (κ2) is 5.54. The zero-order chi connectivity index (χ0) is 9.56. The third-order valence-electron chi connectivity index (χ3n) is 1.38. The van der Waals surface area contributed by atoms with Gasteiger partial charge >= 0.3 is 0 Å². The van der Waals surface area contributed by atoms with E-state index in [0.29, 0.717) is 12.8 Å². The standard InChI is InChI=1S/C7H15FN4/c1-3-4-12(11-2)7(10)6(8)5-9/h5,9,11H,3-4,10H2,1-2H3/b7-6-,9-5?. The minimum absolute atomic E-state index is 0.0469. The molecule has 70 valence electrons. The molecule has 0 atom stereocenters. The van der Waals surface area contributed by atoms with E-state index in [4.69, 9.17) is 11.1 Å². The summed E-state index contributed by atoms with van der Waals surface area (Å²) in [6.07, 6.45) is 1.45. The molecule has 0 rings (SSSR count). The quantitative estimate of drug-likeness (QED) is 0.422. The van der Waals surface area contributed by atoms with E-state index in [-0.39, 0.29) is 5.82 Å². The molecular weight excluding hydrogens is 159 g/mol. The van der Waals surface area contributed by atoms with Gasteiger partial charge in [-0.2, -0.15) is 0 Å². The van der Waals surface area contributed by atoms with Crippen molar-refractivity contribution in [3.05, 3.63) is 11.6 Å². The van der Waals surface area contributed by atoms with Crippen LogP contribution in [0, 0.1) is 5.41 Å². The minimum atomic E-state index is -0.724. The van der Waals surface area contributed by atoms with Crippen molar-refractivity contribution in [3.63, 3.8) is 0 Å². The Kier molecular flexibility index (Phi) is 5.03. The zero-order valence-corrected chi connectivity index (χ0v) is 7.39. The van der Waals surface area contributed by atoms with Gasteiger partial charge in [0.2, 0.25) is 0 Å². The Morgan fingerprint density at radius 3 is 2.67 bits per heavy atom. The fourth-order valence-corrected chi connectivity index (χ4v) is 0.779. The molecule has 0 aliphatic rings. The average molecular weight is 174 g/mol. The van der Waals surface area contributed by atoms with Gasteiger partial charge in [-0.15, -0.1) is 0 Å². The van der Waals surface area contributed by atoms with Crippen molar-refractivity contribution in [1.29, 1.82) is 5.41 Å². The molecule has 0 aliphatic heterocycles. The lowest BCUT2D eigenvalue weighted by atomic mass is 10.4. The number of hydrogen-bond donors (Lipinski definition) is 3. The highest BCUT2D eigenvalue weighted by atomic mass is 19.1. The summed E-state index contributed by atoms with van der Waals surface area (Å²) in [7, 11) is 1.65. The van der Waals surface area contributed by atoms with Gasteiger partial charge in [-0.3, -0.25) is 5.01 Å². The summed E-state index contributed by atoms with van der Waals surface area (Å²) in [5.41, 5.74) is 8.11. The second-order valence-electron chi connectivity index (χ2n) is 2.25. The number of allylic oxidation sites excluding steroid dienone is 1. The molecule has 0 radical (unpaired) electrons. The Morgan fingerprint density at radius 2 is 2.33 bits per heavy atom. The van der Waals surface area contributed by atoms with Gasteiger partial charge in [0.25, 0.3) is 0 Å². The molecule has 5 heteroatoms. The maximum Gasteiger partial charge on any atom is 0.181 e. The molecule has 12 heavy (non-hydrogen) atoms. The molecule has 0 bridgehead atoms. The summed E-state index contributed by atoms with van der Waals surface area (Å²) in [4.78, 5) is 0. The van der Waals surface area contributed by atoms with Crippen molar-refractivity contribution in [2.24, 2.45) is 5.73 Å². The van der Waals surface area contributed by atoms with Crippen molar-refractivity contribution in [2.45, 2.75) is 13.3 Å². The molecule has 4 nitrogen and oxygen atoms in total. The normalized spacial score (nSPS) is 12.2. The van der Waals surface area contributed by atoms with E-state index >= 15 is 0 Å². The van der Waals surface area contributed by atoms with Gasteiger partial charge in [-0.05, 0) is 6.42 Å². The van der Waals surface area contributed by atoms with Gasteiger partial charge in [0.1, 0.15) is 0 Å². The van der Waals surface area contributed by atoms with E-state index in [1.54, 1.807) is 7.05 Å². The monoisotopic (exact) mass is 174 g/mol. The highest BCUT2D eigenvalue weighted by Gasteiger charge is 2.06. The van der Waals surface area contributed by atoms with Crippen LogP contribution in [0.15, 0.2) is 11.6 Å². The fraction of sp³-hybridized carbons (Fsp3) is 0.571. The molecule has 0 aromatic heterocycles. The summed E-state index contributed by atoms with van der Waals surface area (Å²) in [5, 5.41) is 8.11. The number of nitrogens with two attached hydrogens (primary N) is 1. The summed E-state index contributed by atoms with van der Waals surface area (Å²) < 4.78 is 12.7. The Labute approximate surface area is 71.7 Å². The van der Waals surface area contributed by atoms with E-state index in [9.17, 15) is 4.39 Å². The smallest absolute Gasteiger partial charge is 0.181 e. The highest BCUT2D eigenvalue weighted by Crippen LogP contribution is 2.01. The summed E-state index contributed by atoms with van der Waals surface area (Å²) in [6.45, 7) is 2.57. The van der Waals surface area contributed by atoms with Crippen molar-refractivity contribution in [1.82, 2.24) is 10.4 Å². The van der Waals surface area contributed by atoms with Crippen molar-refractivity contribution < 1.29 is 4.39 Å². The fourth-order valence-electron chi connectivity index (χ4n) is 0.779. The molecule has 0 amide bonds. The van der Waals surface area contributed by atoms with E-state index in [1.807, 2.05) is 6.92 Å². The Bertz CT molecular complexity index is 178. The van der Waals surface area contributed by atoms with Crippen LogP contribution in [0.3, 0.4) is 0 Å². The summed E-state index contributed by atoms with van der Waals surface area (Å²) >= 11 is 0. The van der Waals surface area contributed by atoms with E-state index in [1.165, 1.54) is 5.01 Å². The number of halogens is 1. The highest BCUT2D eigenvalue weighted by molar-refractivity contribution is 5.73. The SMILES string of the molecule is CCCN(NC)/C(N)=C(\F)C=N. The predicted molar refractivity (Wildman–Crippen MR) is 47.2 cm³/mol. The third-order valence-corrected chi connectivity index (χ3v) is 1.38. The molecule has 0 saturated heterocycles. The number of hydrazine groups is 1. The first-order valence-corrected chi connectivity index (χ1v) is 3.78. The maximum absolute atomic E-state index is 12.7. The predicted octanol–water partition coefficient (Wildman–Crippen LogP) is 0.580. The number of hydrogen-bond acceptors (Lipinski definition) is 4. The van der Waals surface area contributed by atoms with E-state index in [2.05, 4.69) is 5.43 Å². The van der Waals surface area contributed by atoms with Gasteiger partial charge in [0.05, 0.1) is 6.21 Å². The van der Waals surface area contributed by atoms with Crippen LogP contribution in [0.2, 0.25) is 0 Å². The third kappa shape index (κ3) is 2.87. The van der Waals surface area contributed by atoms with Crippen molar-refractivity contribution >= 4 is 6.21 Å². The van der Waals surface area contributed by atoms with Gasteiger partial charge in [0, 0.05) is 13.6 Å². The van der Waals surface area contributed by atoms with Crippen molar-refractivity contribution in [2.75, 3.05) is 13.6 Å². The topological polar surface area (TPSA) is 65.1 Å². The molecule has 0 fully saturated rings. The van der Waals surface area contributed by atoms with Crippen LogP contribution < -0.4 is 11.2 Å². The van der Waals surface area contributed by atoms with Crippen molar-refractivity contribution in [3.8, 4) is 0 Å². The molecule has 4 N–H and O–H groups in total. The summed E-state index contributed by atoms with van der Waals surface area (Å²) in [6, 6.07) is 0. The van der Waals surface area contributed by atoms with Gasteiger partial charge in [-0.25, -0.2) is 9.82 Å². The first-order chi connectivity index (χ1) is 5.67. The second-order valence-corrected chi connectivity index (χ2v) is 2.25. The lowest BCUT2D eigenvalue weighted by Gasteiger charge is -2.22. The van der Waals surface area contributed by atoms with Crippen LogP contribution in [-0.2, 0) is 0 Å². The van der Waals surface area contributed by atoms with Crippen LogP contribution in [0.1, 0.15) is 13.3 Å². The van der Waals surface area contributed by atoms with Crippen LogP contribution in [0.5, 0.6) is 0 Å². The minimum Gasteiger partial charge on any atom is -0.382 e. The molecule has 0 aromatic rings. The zero-order valence-electron chi connectivity index (χ0n) is 7.39. The molecule has 0 saturated carbocycles. The first kappa shape index (κ1) is 10.9. The Morgan fingerprint density at radius 1 is 1.75 bits per heavy atom. The Balaban J connectivity index is 4.38. The molecule has 0 heterocycles.